The summed E-state index contributed by atoms with van der Waals surface area (Å²) in [6.45, 7) is 7.25. The van der Waals surface area contributed by atoms with E-state index in [0.29, 0.717) is 18.9 Å². The molecule has 32 heavy (non-hydrogen) atoms. The Hall–Kier alpha value is 0.310. The van der Waals surface area contributed by atoms with Gasteiger partial charge in [0, 0.05) is 0 Å². The van der Waals surface area contributed by atoms with Crippen LogP contribution in [0.5, 0.6) is 0 Å². The molecule has 4 heteroatoms. The third-order valence-electron chi connectivity index (χ3n) is 6.81. The summed E-state index contributed by atoms with van der Waals surface area (Å²) in [5, 5.41) is 0. The summed E-state index contributed by atoms with van der Waals surface area (Å²) in [5.41, 5.74) is 0. The minimum atomic E-state index is -3.96. The molecule has 0 heterocycles. The van der Waals surface area contributed by atoms with Gasteiger partial charge in [-0.25, -0.2) is 0 Å². The van der Waals surface area contributed by atoms with Crippen LogP contribution in [0.1, 0.15) is 162 Å². The van der Waals surface area contributed by atoms with E-state index in [1.54, 1.807) is 0 Å². The van der Waals surface area contributed by atoms with Gasteiger partial charge in [0.15, 0.2) is 0 Å². The second-order valence-electron chi connectivity index (χ2n) is 10.3. The van der Waals surface area contributed by atoms with E-state index in [1.165, 1.54) is 103 Å². The third kappa shape index (κ3) is 20.9. The molecule has 0 aliphatic carbocycles. The van der Waals surface area contributed by atoms with Crippen LogP contribution in [0.15, 0.2) is 0 Å². The Morgan fingerprint density at radius 1 is 0.406 bits per heavy atom. The molecular formula is C28H61O3P. The first-order valence-electron chi connectivity index (χ1n) is 14.6. The van der Waals surface area contributed by atoms with Gasteiger partial charge in [0.1, 0.15) is 0 Å². The molecule has 3 nitrogen and oxygen atoms in total. The average molecular weight is 477 g/mol. The van der Waals surface area contributed by atoms with Crippen molar-refractivity contribution in [1.82, 2.24) is 0 Å². The van der Waals surface area contributed by atoms with Gasteiger partial charge in [0.25, 0.3) is 0 Å². The monoisotopic (exact) mass is 476 g/mol. The Balaban J connectivity index is 4.16. The molecular weight excluding hydrogens is 415 g/mol. The molecule has 0 radical (unpaired) electrons. The molecule has 0 aromatic rings. The summed E-state index contributed by atoms with van der Waals surface area (Å²) in [4.78, 5) is 22.6. The quantitative estimate of drug-likeness (QED) is 0.0964. The third-order valence-corrected chi connectivity index (χ3v) is 10.0. The van der Waals surface area contributed by atoms with Crippen molar-refractivity contribution in [3.63, 3.8) is 0 Å². The zero-order valence-electron chi connectivity index (χ0n) is 22.4. The van der Waals surface area contributed by atoms with Gasteiger partial charge in [-0.1, -0.05) is 6.92 Å². The van der Waals surface area contributed by atoms with Crippen LogP contribution in [0.3, 0.4) is 0 Å². The first-order valence-corrected chi connectivity index (χ1v) is 17.1. The fraction of sp³-hybridized carbons (Fsp3) is 1.00. The van der Waals surface area contributed by atoms with Crippen LogP contribution in [0.25, 0.3) is 0 Å². The zero-order chi connectivity index (χ0) is 23.8. The first-order chi connectivity index (χ1) is 15.5. The van der Waals surface area contributed by atoms with Crippen molar-refractivity contribution in [2.24, 2.45) is 0 Å². The van der Waals surface area contributed by atoms with E-state index in [1.807, 2.05) is 0 Å². The maximum atomic E-state index is 11.3. The van der Waals surface area contributed by atoms with Crippen molar-refractivity contribution in [1.29, 1.82) is 0 Å². The molecule has 0 aromatic carbocycles. The summed E-state index contributed by atoms with van der Waals surface area (Å²) in [7, 11) is -3.96. The fourth-order valence-corrected chi connectivity index (χ4v) is 7.28. The second-order valence-corrected chi connectivity index (χ2v) is 14.1. The van der Waals surface area contributed by atoms with E-state index in [2.05, 4.69) is 20.8 Å². The molecule has 0 spiro atoms. The van der Waals surface area contributed by atoms with Gasteiger partial charge in [0.2, 0.25) is 0 Å². The summed E-state index contributed by atoms with van der Waals surface area (Å²) in [6, 6.07) is 0. The van der Waals surface area contributed by atoms with Gasteiger partial charge in [-0.05, 0) is 0 Å². The topological polar surface area (TPSA) is 49.7 Å². The number of rotatable bonds is 26. The minimum absolute atomic E-state index is 0.477. The normalized spacial score (nSPS) is 13.3. The molecule has 0 aromatic heterocycles. The fourth-order valence-electron chi connectivity index (χ4n) is 4.53. The summed E-state index contributed by atoms with van der Waals surface area (Å²) in [5.74, 6) is 0. The van der Waals surface area contributed by atoms with Crippen LogP contribution >= 0.6 is 7.28 Å². The molecule has 0 atom stereocenters. The van der Waals surface area contributed by atoms with Gasteiger partial charge in [-0.3, -0.25) is 0 Å². The SMILES string of the molecule is CCCCCCCCCCCCOP(O)(O)(CCCCCCCC)CCCCCCCC. The Bertz CT molecular complexity index is 367. The van der Waals surface area contributed by atoms with E-state index in [0.717, 1.165) is 38.5 Å². The van der Waals surface area contributed by atoms with E-state index in [4.69, 9.17) is 4.52 Å². The molecule has 196 valence electrons. The Morgan fingerprint density at radius 3 is 1.03 bits per heavy atom. The van der Waals surface area contributed by atoms with Crippen LogP contribution in [-0.2, 0) is 4.52 Å². The van der Waals surface area contributed by atoms with E-state index < -0.39 is 7.28 Å². The Morgan fingerprint density at radius 2 is 0.688 bits per heavy atom. The zero-order valence-corrected chi connectivity index (χ0v) is 23.3. The van der Waals surface area contributed by atoms with Crippen LogP contribution in [0.4, 0.5) is 0 Å². The standard InChI is InChI=1S/C28H61O3P/c1-4-7-10-13-16-17-18-19-20-23-26-31-32(29,30,27-24-21-14-11-8-5-2)28-25-22-15-12-9-6-3/h29-30H,4-28H2,1-3H3. The summed E-state index contributed by atoms with van der Waals surface area (Å²) < 4.78 is 5.99. The van der Waals surface area contributed by atoms with Crippen molar-refractivity contribution in [2.45, 2.75) is 162 Å². The van der Waals surface area contributed by atoms with E-state index >= 15 is 0 Å². The van der Waals surface area contributed by atoms with Crippen LogP contribution in [0.2, 0.25) is 0 Å². The van der Waals surface area contributed by atoms with E-state index in [-0.39, 0.29) is 0 Å². The number of hydrogen-bond acceptors (Lipinski definition) is 3. The molecule has 0 aliphatic rings. The molecule has 2 N–H and O–H groups in total. The van der Waals surface area contributed by atoms with Gasteiger partial charge in [0.05, 0.1) is 0 Å². The van der Waals surface area contributed by atoms with Crippen molar-refractivity contribution in [2.75, 3.05) is 18.9 Å². The second kappa shape index (κ2) is 21.8. The molecule has 0 unspecified atom stereocenters. The van der Waals surface area contributed by atoms with Crippen LogP contribution < -0.4 is 0 Å². The average Bonchev–Trinajstić information content (AvgIpc) is 2.77. The molecule has 0 fully saturated rings. The van der Waals surface area contributed by atoms with Gasteiger partial charge < -0.3 is 0 Å². The molecule has 0 bridgehead atoms. The Kier molecular flexibility index (Phi) is 22.0. The molecule has 0 rings (SSSR count). The summed E-state index contributed by atoms with van der Waals surface area (Å²) in [6.07, 6.45) is 27.8. The molecule has 0 saturated carbocycles. The predicted molar refractivity (Wildman–Crippen MR) is 146 cm³/mol. The van der Waals surface area contributed by atoms with Crippen LogP contribution in [-0.4, -0.2) is 28.7 Å². The van der Waals surface area contributed by atoms with Crippen LogP contribution in [0, 0.1) is 0 Å². The van der Waals surface area contributed by atoms with Crippen molar-refractivity contribution < 1.29 is 14.3 Å². The van der Waals surface area contributed by atoms with Gasteiger partial charge in [-0.15, -0.1) is 0 Å². The predicted octanol–water partition coefficient (Wildman–Crippen LogP) is 9.93. The maximum absolute atomic E-state index is 11.3. The van der Waals surface area contributed by atoms with E-state index in [9.17, 15) is 9.79 Å². The molecule has 0 amide bonds. The first kappa shape index (κ1) is 32.3. The molecule has 0 saturated heterocycles. The number of unbranched alkanes of at least 4 members (excludes halogenated alkanes) is 19. The number of hydrogen-bond donors (Lipinski definition) is 2. The van der Waals surface area contributed by atoms with Crippen molar-refractivity contribution in [3.05, 3.63) is 0 Å². The van der Waals surface area contributed by atoms with Crippen molar-refractivity contribution in [3.8, 4) is 0 Å². The van der Waals surface area contributed by atoms with Crippen molar-refractivity contribution >= 4 is 7.28 Å². The summed E-state index contributed by atoms with van der Waals surface area (Å²) >= 11 is 0. The van der Waals surface area contributed by atoms with Gasteiger partial charge >= 0.3 is 196 Å². The Labute approximate surface area is 202 Å². The van der Waals surface area contributed by atoms with Gasteiger partial charge in [-0.2, -0.15) is 0 Å². The molecule has 0 aliphatic heterocycles.